The fraction of sp³-hybridized carbons (Fsp3) is 0.862. The molecule has 0 saturated carbocycles. The van der Waals surface area contributed by atoms with Gasteiger partial charge >= 0.3 is 17.9 Å². The van der Waals surface area contributed by atoms with E-state index in [4.69, 9.17) is 14.2 Å². The number of esters is 3. The van der Waals surface area contributed by atoms with Crippen molar-refractivity contribution in [1.29, 1.82) is 0 Å². The molecule has 0 aliphatic rings. The zero-order valence-electron chi connectivity index (χ0n) is 47.8. The van der Waals surface area contributed by atoms with Crippen LogP contribution in [-0.4, -0.2) is 37.2 Å². The molecule has 0 unspecified atom stereocenters. The average Bonchev–Trinajstić information content (AvgIpc) is 3.37. The van der Waals surface area contributed by atoms with E-state index in [1.54, 1.807) is 0 Å². The highest BCUT2D eigenvalue weighted by molar-refractivity contribution is 5.71. The fourth-order valence-electron chi connectivity index (χ4n) is 9.35. The van der Waals surface area contributed by atoms with Gasteiger partial charge in [0.1, 0.15) is 13.2 Å². The Bertz CT molecular complexity index is 1190. The van der Waals surface area contributed by atoms with Crippen LogP contribution in [0.1, 0.15) is 342 Å². The first kappa shape index (κ1) is 68.6. The minimum atomic E-state index is -0.773. The molecule has 0 rings (SSSR count). The van der Waals surface area contributed by atoms with Crippen LogP contribution >= 0.6 is 0 Å². The van der Waals surface area contributed by atoms with Crippen molar-refractivity contribution in [2.75, 3.05) is 13.2 Å². The highest BCUT2D eigenvalue weighted by Crippen LogP contribution is 2.17. The number of hydrogen-bond acceptors (Lipinski definition) is 6. The first-order valence-corrected chi connectivity index (χ1v) is 31.5. The van der Waals surface area contributed by atoms with Gasteiger partial charge in [0, 0.05) is 19.3 Å². The number of ether oxygens (including phenoxy) is 3. The summed E-state index contributed by atoms with van der Waals surface area (Å²) in [6.07, 6.45) is 72.8. The van der Waals surface area contributed by atoms with Gasteiger partial charge in [-0.1, -0.05) is 282 Å². The molecular formula is C65H120O6. The maximum Gasteiger partial charge on any atom is 0.306 e. The predicted molar refractivity (Wildman–Crippen MR) is 307 cm³/mol. The number of rotatable bonds is 58. The molecule has 71 heavy (non-hydrogen) atoms. The lowest BCUT2D eigenvalue weighted by molar-refractivity contribution is -0.167. The Labute approximate surface area is 442 Å². The summed E-state index contributed by atoms with van der Waals surface area (Å²) in [5, 5.41) is 0. The van der Waals surface area contributed by atoms with Crippen molar-refractivity contribution in [1.82, 2.24) is 0 Å². The minimum absolute atomic E-state index is 0.0698. The molecule has 0 aromatic heterocycles. The van der Waals surface area contributed by atoms with Crippen molar-refractivity contribution in [2.45, 2.75) is 348 Å². The summed E-state index contributed by atoms with van der Waals surface area (Å²) in [7, 11) is 0. The molecule has 0 aromatic rings. The molecule has 0 bridgehead atoms. The lowest BCUT2D eigenvalue weighted by atomic mass is 10.0. The molecule has 1 atom stereocenters. The molecule has 6 heteroatoms. The zero-order valence-corrected chi connectivity index (χ0v) is 47.8. The van der Waals surface area contributed by atoms with E-state index in [2.05, 4.69) is 57.2 Å². The van der Waals surface area contributed by atoms with Gasteiger partial charge in [-0.05, 0) is 77.0 Å². The Balaban J connectivity index is 4.33. The van der Waals surface area contributed by atoms with Gasteiger partial charge in [-0.25, -0.2) is 0 Å². The lowest BCUT2D eigenvalue weighted by Gasteiger charge is -2.18. The lowest BCUT2D eigenvalue weighted by Crippen LogP contribution is -2.30. The van der Waals surface area contributed by atoms with Crippen LogP contribution in [0, 0.1) is 0 Å². The first-order chi connectivity index (χ1) is 35.0. The van der Waals surface area contributed by atoms with Crippen LogP contribution in [-0.2, 0) is 28.6 Å². The Morgan fingerprint density at radius 3 is 0.817 bits per heavy atom. The first-order valence-electron chi connectivity index (χ1n) is 31.5. The summed E-state index contributed by atoms with van der Waals surface area (Å²) in [4.78, 5) is 38.3. The molecule has 0 fully saturated rings. The summed E-state index contributed by atoms with van der Waals surface area (Å²) in [5.41, 5.74) is 0. The largest absolute Gasteiger partial charge is 0.462 e. The normalized spacial score (nSPS) is 12.2. The Morgan fingerprint density at radius 1 is 0.282 bits per heavy atom. The third kappa shape index (κ3) is 58.4. The average molecular weight is 998 g/mol. The summed E-state index contributed by atoms with van der Waals surface area (Å²) in [6.45, 7) is 6.66. The number of carbonyl (C=O) groups excluding carboxylic acids is 3. The van der Waals surface area contributed by atoms with Crippen LogP contribution in [0.4, 0.5) is 0 Å². The van der Waals surface area contributed by atoms with Crippen molar-refractivity contribution < 1.29 is 28.6 Å². The Kier molecular flexibility index (Phi) is 58.2. The summed E-state index contributed by atoms with van der Waals surface area (Å²) in [5.74, 6) is -0.853. The number of carbonyl (C=O) groups is 3. The van der Waals surface area contributed by atoms with E-state index in [-0.39, 0.29) is 31.1 Å². The molecule has 416 valence electrons. The van der Waals surface area contributed by atoms with Gasteiger partial charge in [0.15, 0.2) is 6.10 Å². The van der Waals surface area contributed by atoms with Crippen molar-refractivity contribution in [3.05, 3.63) is 36.5 Å². The van der Waals surface area contributed by atoms with Gasteiger partial charge in [-0.15, -0.1) is 0 Å². The van der Waals surface area contributed by atoms with Gasteiger partial charge in [-0.3, -0.25) is 14.4 Å². The third-order valence-electron chi connectivity index (χ3n) is 14.1. The fourth-order valence-corrected chi connectivity index (χ4v) is 9.35. The monoisotopic (exact) mass is 997 g/mol. The van der Waals surface area contributed by atoms with Crippen LogP contribution in [0.2, 0.25) is 0 Å². The standard InChI is InChI=1S/C65H120O6/c1-4-7-10-13-16-19-22-25-28-30-32-34-37-40-43-46-49-52-55-58-64(67)70-61-62(60-69-63(66)57-54-51-48-45-42-39-36-27-24-21-18-15-12-9-6-3)71-65(68)59-56-53-50-47-44-41-38-35-33-31-29-26-23-20-17-14-11-8-5-2/h16,19,25-26,28-29,62H,4-15,17-18,20-24,27,30-61H2,1-3H3/b19-16-,28-25-,29-26-/t62-/m0/s1. The van der Waals surface area contributed by atoms with Gasteiger partial charge in [0.2, 0.25) is 0 Å². The van der Waals surface area contributed by atoms with Crippen molar-refractivity contribution >= 4 is 17.9 Å². The molecule has 0 aliphatic heterocycles. The smallest absolute Gasteiger partial charge is 0.306 e. The quantitative estimate of drug-likeness (QED) is 0.0261. The molecular weight excluding hydrogens is 877 g/mol. The molecule has 0 spiro atoms. The van der Waals surface area contributed by atoms with E-state index in [9.17, 15) is 14.4 Å². The van der Waals surface area contributed by atoms with E-state index in [1.165, 1.54) is 238 Å². The van der Waals surface area contributed by atoms with Crippen LogP contribution in [0.25, 0.3) is 0 Å². The highest BCUT2D eigenvalue weighted by atomic mass is 16.6. The number of allylic oxidation sites excluding steroid dienone is 6. The van der Waals surface area contributed by atoms with Crippen molar-refractivity contribution in [3.63, 3.8) is 0 Å². The second-order valence-electron chi connectivity index (χ2n) is 21.3. The molecule has 0 aromatic carbocycles. The van der Waals surface area contributed by atoms with Gasteiger partial charge in [0.05, 0.1) is 0 Å². The van der Waals surface area contributed by atoms with Gasteiger partial charge in [-0.2, -0.15) is 0 Å². The molecule has 0 aliphatic carbocycles. The molecule has 0 heterocycles. The summed E-state index contributed by atoms with van der Waals surface area (Å²) < 4.78 is 16.9. The molecule has 0 N–H and O–H groups in total. The highest BCUT2D eigenvalue weighted by Gasteiger charge is 2.19. The second kappa shape index (κ2) is 60.2. The topological polar surface area (TPSA) is 78.9 Å². The third-order valence-corrected chi connectivity index (χ3v) is 14.1. The SMILES string of the molecule is CCCCC/C=C\C/C=C\CCCCCCCCCCCC(=O)OC[C@H](COC(=O)CCCCCCCCCCCCCCCCC)OC(=O)CCCCCCCCCCC/C=C\CCCCCCCC. The maximum atomic E-state index is 12.9. The molecule has 0 radical (unpaired) electrons. The number of hydrogen-bond donors (Lipinski definition) is 0. The molecule has 0 saturated heterocycles. The van der Waals surface area contributed by atoms with Gasteiger partial charge < -0.3 is 14.2 Å². The van der Waals surface area contributed by atoms with Gasteiger partial charge in [0.25, 0.3) is 0 Å². The van der Waals surface area contributed by atoms with Crippen molar-refractivity contribution in [2.24, 2.45) is 0 Å². The maximum absolute atomic E-state index is 12.9. The second-order valence-corrected chi connectivity index (χ2v) is 21.3. The van der Waals surface area contributed by atoms with Crippen LogP contribution in [0.3, 0.4) is 0 Å². The number of unbranched alkanes of at least 4 members (excludes halogenated alkanes) is 41. The predicted octanol–water partition coefficient (Wildman–Crippen LogP) is 21.2. The molecule has 0 amide bonds. The van der Waals surface area contributed by atoms with E-state index >= 15 is 0 Å². The van der Waals surface area contributed by atoms with E-state index < -0.39 is 6.10 Å². The summed E-state index contributed by atoms with van der Waals surface area (Å²) >= 11 is 0. The van der Waals surface area contributed by atoms with Crippen molar-refractivity contribution in [3.8, 4) is 0 Å². The zero-order chi connectivity index (χ0) is 51.4. The van der Waals surface area contributed by atoms with Crippen LogP contribution in [0.5, 0.6) is 0 Å². The van der Waals surface area contributed by atoms with Crippen LogP contribution in [0.15, 0.2) is 36.5 Å². The Morgan fingerprint density at radius 2 is 0.507 bits per heavy atom. The minimum Gasteiger partial charge on any atom is -0.462 e. The van der Waals surface area contributed by atoms with E-state index in [0.29, 0.717) is 19.3 Å². The molecule has 6 nitrogen and oxygen atoms in total. The summed E-state index contributed by atoms with van der Waals surface area (Å²) in [6, 6.07) is 0. The Hall–Kier alpha value is -2.37. The van der Waals surface area contributed by atoms with E-state index in [0.717, 1.165) is 64.2 Å². The van der Waals surface area contributed by atoms with Crippen LogP contribution < -0.4 is 0 Å². The van der Waals surface area contributed by atoms with E-state index in [1.807, 2.05) is 0 Å².